The van der Waals surface area contributed by atoms with E-state index in [4.69, 9.17) is 4.74 Å². The number of hydrogen-bond acceptors (Lipinski definition) is 1. The molecule has 21 heavy (non-hydrogen) atoms. The molecule has 0 spiro atoms. The van der Waals surface area contributed by atoms with E-state index in [9.17, 15) is 17.6 Å². The van der Waals surface area contributed by atoms with Gasteiger partial charge in [0.1, 0.15) is 0 Å². The maximum atomic E-state index is 13.2. The second-order valence-corrected chi connectivity index (χ2v) is 4.77. The van der Waals surface area contributed by atoms with Gasteiger partial charge < -0.3 is 4.74 Å². The van der Waals surface area contributed by atoms with Crippen LogP contribution in [-0.4, -0.2) is 0 Å². The van der Waals surface area contributed by atoms with Crippen LogP contribution >= 0.6 is 0 Å². The molecular weight excluding hydrogens is 284 g/mol. The van der Waals surface area contributed by atoms with Crippen LogP contribution in [0.1, 0.15) is 37.2 Å². The first kappa shape index (κ1) is 15.5. The van der Waals surface area contributed by atoms with Crippen molar-refractivity contribution in [2.45, 2.75) is 26.1 Å². The fourth-order valence-electron chi connectivity index (χ4n) is 1.99. The molecule has 0 radical (unpaired) electrons. The van der Waals surface area contributed by atoms with Crippen molar-refractivity contribution >= 4 is 0 Å². The number of hydrogen-bond donors (Lipinski definition) is 0. The maximum Gasteiger partial charge on any atom is 0.159 e. The van der Waals surface area contributed by atoms with Crippen LogP contribution in [0, 0.1) is 23.3 Å². The highest BCUT2D eigenvalue weighted by molar-refractivity contribution is 5.22. The Bertz CT molecular complexity index is 587. The van der Waals surface area contributed by atoms with E-state index in [0.29, 0.717) is 11.1 Å². The first-order valence-electron chi connectivity index (χ1n) is 6.44. The van der Waals surface area contributed by atoms with Crippen LogP contribution in [0.15, 0.2) is 36.4 Å². The largest absolute Gasteiger partial charge is 0.366 e. The molecule has 0 saturated carbocycles. The molecule has 2 rings (SSSR count). The van der Waals surface area contributed by atoms with Gasteiger partial charge in [-0.25, -0.2) is 17.6 Å². The second kappa shape index (κ2) is 6.26. The summed E-state index contributed by atoms with van der Waals surface area (Å²) >= 11 is 0. The maximum absolute atomic E-state index is 13.2. The SMILES string of the molecule is CC(OC(C)c1ccc(F)c(F)c1)c1ccc(F)c(F)c1. The van der Waals surface area contributed by atoms with Gasteiger partial charge in [0.2, 0.25) is 0 Å². The molecule has 0 bridgehead atoms. The molecule has 2 aromatic carbocycles. The van der Waals surface area contributed by atoms with E-state index in [1.807, 2.05) is 0 Å². The summed E-state index contributed by atoms with van der Waals surface area (Å²) in [5, 5.41) is 0. The lowest BCUT2D eigenvalue weighted by molar-refractivity contribution is 0.00546. The van der Waals surface area contributed by atoms with Gasteiger partial charge in [-0.2, -0.15) is 0 Å². The lowest BCUT2D eigenvalue weighted by atomic mass is 10.1. The third kappa shape index (κ3) is 3.61. The third-order valence-electron chi connectivity index (χ3n) is 3.23. The van der Waals surface area contributed by atoms with Crippen molar-refractivity contribution in [3.05, 3.63) is 70.8 Å². The molecule has 0 aliphatic rings. The lowest BCUT2D eigenvalue weighted by Gasteiger charge is -2.20. The van der Waals surface area contributed by atoms with E-state index >= 15 is 0 Å². The number of rotatable bonds is 4. The fourth-order valence-corrected chi connectivity index (χ4v) is 1.99. The van der Waals surface area contributed by atoms with Gasteiger partial charge in [0.25, 0.3) is 0 Å². The van der Waals surface area contributed by atoms with Crippen LogP contribution in [0.5, 0.6) is 0 Å². The second-order valence-electron chi connectivity index (χ2n) is 4.77. The molecule has 0 aliphatic carbocycles. The summed E-state index contributed by atoms with van der Waals surface area (Å²) in [5.74, 6) is -3.77. The number of ether oxygens (including phenoxy) is 1. The predicted octanol–water partition coefficient (Wildman–Crippen LogP) is 5.08. The van der Waals surface area contributed by atoms with Gasteiger partial charge >= 0.3 is 0 Å². The summed E-state index contributed by atoms with van der Waals surface area (Å²) in [7, 11) is 0. The van der Waals surface area contributed by atoms with Crippen molar-refractivity contribution in [2.24, 2.45) is 0 Å². The van der Waals surface area contributed by atoms with E-state index < -0.39 is 35.5 Å². The van der Waals surface area contributed by atoms with Gasteiger partial charge in [-0.3, -0.25) is 0 Å². The van der Waals surface area contributed by atoms with Gasteiger partial charge in [0.05, 0.1) is 12.2 Å². The zero-order valence-electron chi connectivity index (χ0n) is 11.5. The highest BCUT2D eigenvalue weighted by atomic mass is 19.2. The normalized spacial score (nSPS) is 14.0. The Morgan fingerprint density at radius 3 is 1.38 bits per heavy atom. The third-order valence-corrected chi connectivity index (χ3v) is 3.23. The highest BCUT2D eigenvalue weighted by Crippen LogP contribution is 2.27. The Labute approximate surface area is 120 Å². The van der Waals surface area contributed by atoms with E-state index in [0.717, 1.165) is 24.3 Å². The van der Waals surface area contributed by atoms with Crippen molar-refractivity contribution in [1.29, 1.82) is 0 Å². The van der Waals surface area contributed by atoms with E-state index in [1.165, 1.54) is 12.1 Å². The standard InChI is InChI=1S/C16H14F4O/c1-9(11-3-5-13(17)15(19)7-11)21-10(2)12-4-6-14(18)16(20)8-12/h3-10H,1-2H3. The Morgan fingerprint density at radius 2 is 1.05 bits per heavy atom. The van der Waals surface area contributed by atoms with Crippen LogP contribution in [0.3, 0.4) is 0 Å². The van der Waals surface area contributed by atoms with Crippen LogP contribution in [-0.2, 0) is 4.74 Å². The molecule has 2 aromatic rings. The van der Waals surface area contributed by atoms with Gasteiger partial charge in [-0.15, -0.1) is 0 Å². The van der Waals surface area contributed by atoms with Crippen LogP contribution in [0.2, 0.25) is 0 Å². The Balaban J connectivity index is 2.12. The molecule has 0 fully saturated rings. The quantitative estimate of drug-likeness (QED) is 0.715. The van der Waals surface area contributed by atoms with Crippen molar-refractivity contribution in [3.8, 4) is 0 Å². The summed E-state index contributed by atoms with van der Waals surface area (Å²) in [4.78, 5) is 0. The molecule has 0 heterocycles. The van der Waals surface area contributed by atoms with Crippen molar-refractivity contribution in [2.75, 3.05) is 0 Å². The zero-order valence-corrected chi connectivity index (χ0v) is 11.5. The van der Waals surface area contributed by atoms with E-state index in [-0.39, 0.29) is 0 Å². The van der Waals surface area contributed by atoms with Crippen molar-refractivity contribution in [3.63, 3.8) is 0 Å². The monoisotopic (exact) mass is 298 g/mol. The van der Waals surface area contributed by atoms with Gasteiger partial charge in [-0.05, 0) is 49.2 Å². The molecule has 1 nitrogen and oxygen atoms in total. The Kier molecular flexibility index (Phi) is 4.63. The Hall–Kier alpha value is -1.88. The van der Waals surface area contributed by atoms with Crippen LogP contribution < -0.4 is 0 Å². The average Bonchev–Trinajstić information content (AvgIpc) is 2.44. The van der Waals surface area contributed by atoms with Crippen LogP contribution in [0.25, 0.3) is 0 Å². The molecule has 0 amide bonds. The molecule has 2 atom stereocenters. The zero-order chi connectivity index (χ0) is 15.6. The van der Waals surface area contributed by atoms with Crippen molar-refractivity contribution in [1.82, 2.24) is 0 Å². The smallest absolute Gasteiger partial charge is 0.159 e. The average molecular weight is 298 g/mol. The topological polar surface area (TPSA) is 9.23 Å². The van der Waals surface area contributed by atoms with E-state index in [2.05, 4.69) is 0 Å². The Morgan fingerprint density at radius 1 is 0.667 bits per heavy atom. The first-order chi connectivity index (χ1) is 9.88. The summed E-state index contributed by atoms with van der Waals surface area (Å²) in [6.45, 7) is 3.34. The molecule has 5 heteroatoms. The molecule has 2 unspecified atom stereocenters. The van der Waals surface area contributed by atoms with E-state index in [1.54, 1.807) is 13.8 Å². The first-order valence-corrected chi connectivity index (χ1v) is 6.44. The molecule has 0 N–H and O–H groups in total. The minimum Gasteiger partial charge on any atom is -0.366 e. The van der Waals surface area contributed by atoms with Gasteiger partial charge in [-0.1, -0.05) is 12.1 Å². The highest BCUT2D eigenvalue weighted by Gasteiger charge is 2.15. The number of halogens is 4. The summed E-state index contributed by atoms with van der Waals surface area (Å²) in [5.41, 5.74) is 0.923. The molecule has 0 aromatic heterocycles. The summed E-state index contributed by atoms with van der Waals surface area (Å²) < 4.78 is 57.7. The van der Waals surface area contributed by atoms with Gasteiger partial charge in [0, 0.05) is 0 Å². The minimum atomic E-state index is -0.955. The minimum absolute atomic E-state index is 0.461. The summed E-state index contributed by atoms with van der Waals surface area (Å²) in [6.07, 6.45) is -1.05. The lowest BCUT2D eigenvalue weighted by Crippen LogP contribution is -2.06. The predicted molar refractivity (Wildman–Crippen MR) is 70.6 cm³/mol. The van der Waals surface area contributed by atoms with Crippen LogP contribution in [0.4, 0.5) is 17.6 Å². The number of benzene rings is 2. The fraction of sp³-hybridized carbons (Fsp3) is 0.250. The van der Waals surface area contributed by atoms with Crippen molar-refractivity contribution < 1.29 is 22.3 Å². The summed E-state index contributed by atoms with van der Waals surface area (Å²) in [6, 6.07) is 6.98. The molecule has 112 valence electrons. The molecule has 0 aliphatic heterocycles. The molecular formula is C16H14F4O. The molecule has 0 saturated heterocycles. The van der Waals surface area contributed by atoms with Gasteiger partial charge in [0.15, 0.2) is 23.3 Å².